The second-order valence-electron chi connectivity index (χ2n) is 6.94. The number of aromatic nitrogens is 3. The van der Waals surface area contributed by atoms with Gasteiger partial charge in [-0.1, -0.05) is 30.3 Å². The molecule has 5 nitrogen and oxygen atoms in total. The van der Waals surface area contributed by atoms with Crippen molar-refractivity contribution in [3.05, 3.63) is 66.1 Å². The molecule has 158 valence electrons. The molecule has 1 aliphatic heterocycles. The summed E-state index contributed by atoms with van der Waals surface area (Å²) in [5.41, 5.74) is 1.85. The number of hydrogen-bond acceptors (Lipinski definition) is 5. The summed E-state index contributed by atoms with van der Waals surface area (Å²) in [5.74, 6) is 0.560. The van der Waals surface area contributed by atoms with E-state index in [1.54, 1.807) is 0 Å². The van der Waals surface area contributed by atoms with Crippen molar-refractivity contribution >= 4 is 24.0 Å². The van der Waals surface area contributed by atoms with Gasteiger partial charge in [-0.25, -0.2) is 9.97 Å². The van der Waals surface area contributed by atoms with Gasteiger partial charge in [-0.05, 0) is 44.1 Å². The average Bonchev–Trinajstić information content (AvgIpc) is 2.74. The molecule has 0 amide bonds. The molecule has 0 atom stereocenters. The van der Waals surface area contributed by atoms with Gasteiger partial charge in [0.05, 0.1) is 5.69 Å². The van der Waals surface area contributed by atoms with Crippen LogP contribution >= 0.6 is 12.4 Å². The predicted octanol–water partition coefficient (Wildman–Crippen LogP) is 5.19. The Morgan fingerprint density at radius 3 is 2.40 bits per heavy atom. The largest absolute Gasteiger partial charge is 0.433 e. The topological polar surface area (TPSA) is 62.7 Å². The maximum Gasteiger partial charge on any atom is 0.433 e. The van der Waals surface area contributed by atoms with E-state index in [0.717, 1.165) is 55.1 Å². The van der Waals surface area contributed by atoms with Crippen molar-refractivity contribution in [3.63, 3.8) is 0 Å². The molecule has 0 bridgehead atoms. The smallest absolute Gasteiger partial charge is 0.324 e. The van der Waals surface area contributed by atoms with E-state index < -0.39 is 11.9 Å². The number of benzene rings is 1. The van der Waals surface area contributed by atoms with Gasteiger partial charge in [0.1, 0.15) is 5.69 Å². The molecular weight excluding hydrogens is 415 g/mol. The average molecular weight is 436 g/mol. The summed E-state index contributed by atoms with van der Waals surface area (Å²) in [6.45, 7) is 1.83. The second kappa shape index (κ2) is 9.40. The van der Waals surface area contributed by atoms with Gasteiger partial charge in [0.25, 0.3) is 0 Å². The normalized spacial score (nSPS) is 14.8. The van der Waals surface area contributed by atoms with Gasteiger partial charge < -0.3 is 10.6 Å². The van der Waals surface area contributed by atoms with Gasteiger partial charge in [-0.15, -0.1) is 12.4 Å². The number of piperidine rings is 1. The van der Waals surface area contributed by atoms with Crippen molar-refractivity contribution in [2.24, 2.45) is 0 Å². The molecule has 0 aliphatic carbocycles. The van der Waals surface area contributed by atoms with Crippen LogP contribution in [-0.2, 0) is 6.18 Å². The van der Waals surface area contributed by atoms with E-state index in [4.69, 9.17) is 0 Å². The number of nitrogens with one attached hydrogen (secondary N) is 2. The molecule has 0 spiro atoms. The summed E-state index contributed by atoms with van der Waals surface area (Å²) < 4.78 is 38.9. The Morgan fingerprint density at radius 2 is 1.70 bits per heavy atom. The van der Waals surface area contributed by atoms with E-state index in [9.17, 15) is 13.2 Å². The molecule has 2 aromatic heterocycles. The minimum Gasteiger partial charge on any atom is -0.324 e. The van der Waals surface area contributed by atoms with Crippen molar-refractivity contribution in [2.75, 3.05) is 18.4 Å². The quantitative estimate of drug-likeness (QED) is 0.590. The summed E-state index contributed by atoms with van der Waals surface area (Å²) in [5, 5.41) is 6.26. The van der Waals surface area contributed by atoms with Crippen LogP contribution in [0.1, 0.15) is 30.1 Å². The lowest BCUT2D eigenvalue weighted by Gasteiger charge is -2.23. The van der Waals surface area contributed by atoms with Crippen LogP contribution in [-0.4, -0.2) is 28.0 Å². The molecule has 2 N–H and O–H groups in total. The second-order valence-corrected chi connectivity index (χ2v) is 6.94. The third-order valence-corrected chi connectivity index (χ3v) is 4.88. The first-order valence-electron chi connectivity index (χ1n) is 9.44. The van der Waals surface area contributed by atoms with Crippen LogP contribution in [0.2, 0.25) is 0 Å². The monoisotopic (exact) mass is 435 g/mol. The Morgan fingerprint density at radius 1 is 0.967 bits per heavy atom. The fourth-order valence-electron chi connectivity index (χ4n) is 3.40. The molecule has 0 unspecified atom stereocenters. The van der Waals surface area contributed by atoms with E-state index in [0.29, 0.717) is 0 Å². The summed E-state index contributed by atoms with van der Waals surface area (Å²) in [6, 6.07) is 14.1. The van der Waals surface area contributed by atoms with E-state index in [2.05, 4.69) is 25.6 Å². The number of alkyl halides is 3. The molecule has 3 heterocycles. The minimum absolute atomic E-state index is 0. The molecule has 1 saturated heterocycles. The Kier molecular flexibility index (Phi) is 6.89. The molecule has 0 radical (unpaired) electrons. The van der Waals surface area contributed by atoms with E-state index in [1.165, 1.54) is 6.07 Å². The van der Waals surface area contributed by atoms with Crippen LogP contribution in [0, 0.1) is 0 Å². The maximum absolute atomic E-state index is 13.0. The number of nitrogens with zero attached hydrogens (tertiary/aromatic N) is 3. The third kappa shape index (κ3) is 5.25. The molecule has 3 aromatic rings. The van der Waals surface area contributed by atoms with Gasteiger partial charge in [0.2, 0.25) is 5.95 Å². The maximum atomic E-state index is 13.0. The first kappa shape index (κ1) is 22.0. The van der Waals surface area contributed by atoms with Crippen LogP contribution in [0.4, 0.5) is 24.8 Å². The van der Waals surface area contributed by atoms with Gasteiger partial charge >= 0.3 is 6.18 Å². The van der Waals surface area contributed by atoms with Crippen LogP contribution in [0.25, 0.3) is 11.3 Å². The molecular formula is C21H21ClF3N5. The van der Waals surface area contributed by atoms with Crippen molar-refractivity contribution in [2.45, 2.75) is 24.9 Å². The minimum atomic E-state index is -4.51. The summed E-state index contributed by atoms with van der Waals surface area (Å²) in [6.07, 6.45) is -1.47. The fraction of sp³-hybridized carbons (Fsp3) is 0.286. The highest BCUT2D eigenvalue weighted by atomic mass is 35.5. The fourth-order valence-corrected chi connectivity index (χ4v) is 3.40. The first-order valence-corrected chi connectivity index (χ1v) is 9.44. The SMILES string of the molecule is Cl.FC(F)(F)c1cc(Nc2nc(-c3ccccc3)cc(C3CCNCC3)n2)ccn1. The van der Waals surface area contributed by atoms with Gasteiger partial charge in [0.15, 0.2) is 0 Å². The van der Waals surface area contributed by atoms with E-state index in [-0.39, 0.29) is 30.0 Å². The highest BCUT2D eigenvalue weighted by Gasteiger charge is 2.32. The molecule has 1 aliphatic rings. The number of rotatable bonds is 4. The Bertz CT molecular complexity index is 976. The number of pyridine rings is 1. The Hall–Kier alpha value is -2.71. The van der Waals surface area contributed by atoms with Crippen LogP contribution in [0.5, 0.6) is 0 Å². The molecule has 1 aromatic carbocycles. The molecule has 30 heavy (non-hydrogen) atoms. The third-order valence-electron chi connectivity index (χ3n) is 4.88. The van der Waals surface area contributed by atoms with Gasteiger partial charge in [0, 0.05) is 29.1 Å². The molecule has 4 rings (SSSR count). The van der Waals surface area contributed by atoms with E-state index in [1.807, 2.05) is 36.4 Å². The lowest BCUT2D eigenvalue weighted by Crippen LogP contribution is -2.27. The van der Waals surface area contributed by atoms with Crippen LogP contribution in [0.15, 0.2) is 54.7 Å². The first-order chi connectivity index (χ1) is 14.0. The summed E-state index contributed by atoms with van der Waals surface area (Å²) in [7, 11) is 0. The summed E-state index contributed by atoms with van der Waals surface area (Å²) in [4.78, 5) is 12.6. The standard InChI is InChI=1S/C21H20F3N5.ClH/c22-21(23,24)19-12-16(8-11-26-19)27-20-28-17(14-4-2-1-3-5-14)13-18(29-20)15-6-9-25-10-7-15;/h1-5,8,11-13,15,25H,6-7,9-10H2,(H,26,27,28,29);1H. The molecule has 9 heteroatoms. The van der Waals surface area contributed by atoms with Crippen molar-refractivity contribution in [1.29, 1.82) is 0 Å². The Labute approximate surface area is 178 Å². The summed E-state index contributed by atoms with van der Waals surface area (Å²) >= 11 is 0. The predicted molar refractivity (Wildman–Crippen MR) is 112 cm³/mol. The highest BCUT2D eigenvalue weighted by Crippen LogP contribution is 2.31. The van der Waals surface area contributed by atoms with Crippen LogP contribution < -0.4 is 10.6 Å². The van der Waals surface area contributed by atoms with Crippen molar-refractivity contribution < 1.29 is 13.2 Å². The highest BCUT2D eigenvalue weighted by molar-refractivity contribution is 5.85. The number of hydrogen-bond donors (Lipinski definition) is 2. The number of halogens is 4. The number of anilines is 2. The zero-order valence-electron chi connectivity index (χ0n) is 16.0. The van der Waals surface area contributed by atoms with Crippen molar-refractivity contribution in [3.8, 4) is 11.3 Å². The zero-order valence-corrected chi connectivity index (χ0v) is 16.8. The lowest BCUT2D eigenvalue weighted by atomic mass is 9.93. The molecule has 0 saturated carbocycles. The molecule has 1 fully saturated rings. The van der Waals surface area contributed by atoms with Crippen molar-refractivity contribution in [1.82, 2.24) is 20.3 Å². The Balaban J connectivity index is 0.00000256. The van der Waals surface area contributed by atoms with Gasteiger partial charge in [-0.3, -0.25) is 4.98 Å². The van der Waals surface area contributed by atoms with Crippen LogP contribution in [0.3, 0.4) is 0 Å². The zero-order chi connectivity index (χ0) is 20.3. The van der Waals surface area contributed by atoms with Gasteiger partial charge in [-0.2, -0.15) is 13.2 Å². The lowest BCUT2D eigenvalue weighted by molar-refractivity contribution is -0.141. The van der Waals surface area contributed by atoms with E-state index >= 15 is 0 Å².